The minimum absolute atomic E-state index is 0.0363. The normalized spacial score (nSPS) is 10.7. The zero-order valence-electron chi connectivity index (χ0n) is 16.0. The molecule has 1 aromatic heterocycles. The van der Waals surface area contributed by atoms with Gasteiger partial charge in [-0.3, -0.25) is 19.0 Å². The van der Waals surface area contributed by atoms with Crippen molar-refractivity contribution in [2.75, 3.05) is 11.9 Å². The van der Waals surface area contributed by atoms with Gasteiger partial charge in [0.15, 0.2) is 4.77 Å². The van der Waals surface area contributed by atoms with Crippen LogP contribution in [0.25, 0.3) is 10.9 Å². The van der Waals surface area contributed by atoms with Crippen LogP contribution in [-0.2, 0) is 22.6 Å². The second-order valence-corrected chi connectivity index (χ2v) is 6.90. The molecule has 0 spiro atoms. The molecule has 2 amide bonds. The van der Waals surface area contributed by atoms with E-state index < -0.39 is 0 Å². The van der Waals surface area contributed by atoms with Crippen molar-refractivity contribution in [2.45, 2.75) is 26.3 Å². The third kappa shape index (κ3) is 4.97. The first-order valence-corrected chi connectivity index (χ1v) is 9.76. The summed E-state index contributed by atoms with van der Waals surface area (Å²) in [4.78, 5) is 39.8. The quantitative estimate of drug-likeness (QED) is 0.522. The molecule has 0 atom stereocenters. The van der Waals surface area contributed by atoms with Crippen molar-refractivity contribution < 1.29 is 9.59 Å². The number of para-hydroxylation sites is 2. The van der Waals surface area contributed by atoms with Gasteiger partial charge in [0.1, 0.15) is 0 Å². The molecular weight excluding hydrogens is 388 g/mol. The third-order valence-electron chi connectivity index (χ3n) is 4.57. The Morgan fingerprint density at radius 3 is 2.59 bits per heavy atom. The smallest absolute Gasteiger partial charge is 0.262 e. The highest BCUT2D eigenvalue weighted by atomic mass is 32.1. The van der Waals surface area contributed by atoms with E-state index in [2.05, 4.69) is 15.6 Å². The first-order chi connectivity index (χ1) is 14.0. The molecule has 0 saturated carbocycles. The van der Waals surface area contributed by atoms with E-state index in [1.165, 1.54) is 4.57 Å². The number of amides is 2. The van der Waals surface area contributed by atoms with Crippen molar-refractivity contribution in [3.05, 3.63) is 69.2 Å². The average molecular weight is 410 g/mol. The van der Waals surface area contributed by atoms with Crippen molar-refractivity contribution in [3.8, 4) is 0 Å². The Labute approximate surface area is 172 Å². The fourth-order valence-corrected chi connectivity index (χ4v) is 3.31. The molecule has 3 N–H and O–H groups in total. The lowest BCUT2D eigenvalue weighted by molar-refractivity contribution is -0.124. The summed E-state index contributed by atoms with van der Waals surface area (Å²) in [5.41, 5.74) is 2.18. The van der Waals surface area contributed by atoms with E-state index in [-0.39, 0.29) is 41.7 Å². The lowest BCUT2D eigenvalue weighted by Crippen LogP contribution is -2.34. The van der Waals surface area contributed by atoms with Gasteiger partial charge in [-0.1, -0.05) is 37.3 Å². The molecular formula is C21H22N4O3S. The molecule has 3 rings (SSSR count). The number of nitrogens with zero attached hydrogens (tertiary/aromatic N) is 1. The van der Waals surface area contributed by atoms with Crippen molar-refractivity contribution >= 4 is 40.6 Å². The number of aromatic amines is 1. The third-order valence-corrected chi connectivity index (χ3v) is 4.89. The molecule has 0 unspecified atom stereocenters. The van der Waals surface area contributed by atoms with Gasteiger partial charge in [-0.2, -0.15) is 0 Å². The number of aromatic nitrogens is 2. The Balaban J connectivity index is 1.57. The van der Waals surface area contributed by atoms with Crippen molar-refractivity contribution in [3.63, 3.8) is 0 Å². The standard InChI is InChI=1S/C21H22N4O3S/c1-2-14-7-3-5-9-16(14)23-19(27)13-22-18(26)11-12-25-20(28)15-8-4-6-10-17(15)24-21(25)29/h3-10H,2,11-13H2,1H3,(H,22,26)(H,23,27)(H,24,29). The van der Waals surface area contributed by atoms with Gasteiger partial charge in [0.25, 0.3) is 5.56 Å². The molecule has 0 saturated heterocycles. The molecule has 2 aromatic carbocycles. The molecule has 3 aromatic rings. The van der Waals surface area contributed by atoms with Crippen molar-refractivity contribution in [1.82, 2.24) is 14.9 Å². The minimum Gasteiger partial charge on any atom is -0.347 e. The number of aryl methyl sites for hydroxylation is 1. The molecule has 0 radical (unpaired) electrons. The van der Waals surface area contributed by atoms with Crippen LogP contribution >= 0.6 is 12.2 Å². The first kappa shape index (κ1) is 20.5. The van der Waals surface area contributed by atoms with Crippen LogP contribution in [0.1, 0.15) is 18.9 Å². The number of hydrogen-bond donors (Lipinski definition) is 3. The summed E-state index contributed by atoms with van der Waals surface area (Å²) in [6.07, 6.45) is 0.832. The lowest BCUT2D eigenvalue weighted by atomic mass is 10.1. The number of fused-ring (bicyclic) bond motifs is 1. The van der Waals surface area contributed by atoms with E-state index in [1.54, 1.807) is 18.2 Å². The largest absolute Gasteiger partial charge is 0.347 e. The van der Waals surface area contributed by atoms with Gasteiger partial charge >= 0.3 is 0 Å². The topological polar surface area (TPSA) is 96.0 Å². The predicted octanol–water partition coefficient (Wildman–Crippen LogP) is 2.77. The molecule has 0 aliphatic rings. The zero-order valence-corrected chi connectivity index (χ0v) is 16.8. The SMILES string of the molecule is CCc1ccccc1NC(=O)CNC(=O)CCn1c(=S)[nH]c2ccccc2c1=O. The van der Waals surface area contributed by atoms with Gasteiger partial charge in [0, 0.05) is 18.7 Å². The number of carbonyl (C=O) groups is 2. The Hall–Kier alpha value is -3.26. The van der Waals surface area contributed by atoms with Crippen LogP contribution in [0.15, 0.2) is 53.3 Å². The van der Waals surface area contributed by atoms with Gasteiger partial charge in [-0.15, -0.1) is 0 Å². The van der Waals surface area contributed by atoms with Crippen LogP contribution in [0, 0.1) is 4.77 Å². The van der Waals surface area contributed by atoms with Crippen LogP contribution in [0.3, 0.4) is 0 Å². The second-order valence-electron chi connectivity index (χ2n) is 6.52. The van der Waals surface area contributed by atoms with Crippen LogP contribution < -0.4 is 16.2 Å². The summed E-state index contributed by atoms with van der Waals surface area (Å²) in [7, 11) is 0. The molecule has 1 heterocycles. The molecule has 0 aliphatic heterocycles. The van der Waals surface area contributed by atoms with E-state index in [9.17, 15) is 14.4 Å². The molecule has 0 bridgehead atoms. The molecule has 0 aliphatic carbocycles. The number of hydrogen-bond acceptors (Lipinski definition) is 4. The Morgan fingerprint density at radius 2 is 1.79 bits per heavy atom. The number of benzene rings is 2. The summed E-state index contributed by atoms with van der Waals surface area (Å²) in [6, 6.07) is 14.6. The molecule has 7 nitrogen and oxygen atoms in total. The average Bonchev–Trinajstić information content (AvgIpc) is 2.72. The fraction of sp³-hybridized carbons (Fsp3) is 0.238. The summed E-state index contributed by atoms with van der Waals surface area (Å²) in [6.45, 7) is 1.99. The van der Waals surface area contributed by atoms with Crippen LogP contribution in [-0.4, -0.2) is 27.9 Å². The monoisotopic (exact) mass is 410 g/mol. The van der Waals surface area contributed by atoms with Gasteiger partial charge < -0.3 is 15.6 Å². The van der Waals surface area contributed by atoms with Crippen molar-refractivity contribution in [2.24, 2.45) is 0 Å². The molecule has 0 fully saturated rings. The first-order valence-electron chi connectivity index (χ1n) is 9.36. The van der Waals surface area contributed by atoms with Gasteiger partial charge in [-0.05, 0) is 42.4 Å². The maximum atomic E-state index is 12.6. The highest BCUT2D eigenvalue weighted by Gasteiger charge is 2.10. The highest BCUT2D eigenvalue weighted by Crippen LogP contribution is 2.15. The number of anilines is 1. The van der Waals surface area contributed by atoms with Gasteiger partial charge in [-0.25, -0.2) is 0 Å². The van der Waals surface area contributed by atoms with Gasteiger partial charge in [0.2, 0.25) is 11.8 Å². The summed E-state index contributed by atoms with van der Waals surface area (Å²) in [5, 5.41) is 5.88. The number of rotatable bonds is 7. The highest BCUT2D eigenvalue weighted by molar-refractivity contribution is 7.71. The summed E-state index contributed by atoms with van der Waals surface area (Å²) < 4.78 is 1.62. The minimum atomic E-state index is -0.335. The van der Waals surface area contributed by atoms with E-state index in [0.29, 0.717) is 10.9 Å². The maximum Gasteiger partial charge on any atom is 0.262 e. The van der Waals surface area contributed by atoms with Crippen LogP contribution in [0.5, 0.6) is 0 Å². The Morgan fingerprint density at radius 1 is 1.07 bits per heavy atom. The second kappa shape index (κ2) is 9.29. The van der Waals surface area contributed by atoms with Crippen molar-refractivity contribution in [1.29, 1.82) is 0 Å². The van der Waals surface area contributed by atoms with E-state index in [0.717, 1.165) is 17.7 Å². The predicted molar refractivity (Wildman–Crippen MR) is 115 cm³/mol. The summed E-state index contributed by atoms with van der Waals surface area (Å²) >= 11 is 5.23. The van der Waals surface area contributed by atoms with E-state index in [4.69, 9.17) is 12.2 Å². The van der Waals surface area contributed by atoms with Gasteiger partial charge in [0.05, 0.1) is 17.4 Å². The Kier molecular flexibility index (Phi) is 6.56. The molecule has 29 heavy (non-hydrogen) atoms. The lowest BCUT2D eigenvalue weighted by Gasteiger charge is -2.11. The zero-order chi connectivity index (χ0) is 20.8. The van der Waals surface area contributed by atoms with Crippen LogP contribution in [0.2, 0.25) is 0 Å². The fourth-order valence-electron chi connectivity index (χ4n) is 3.03. The van der Waals surface area contributed by atoms with E-state index >= 15 is 0 Å². The molecule has 150 valence electrons. The number of nitrogens with one attached hydrogen (secondary N) is 3. The Bertz CT molecular complexity index is 1170. The summed E-state index contributed by atoms with van der Waals surface area (Å²) in [5.74, 6) is -0.641. The maximum absolute atomic E-state index is 12.6. The van der Waals surface area contributed by atoms with Crippen LogP contribution in [0.4, 0.5) is 5.69 Å². The number of H-pyrrole nitrogens is 1. The van der Waals surface area contributed by atoms with E-state index in [1.807, 2.05) is 37.3 Å². The number of carbonyl (C=O) groups excluding carboxylic acids is 2. The molecule has 8 heteroatoms.